The first-order chi connectivity index (χ1) is 33.0. The summed E-state index contributed by atoms with van der Waals surface area (Å²) in [5, 5.41) is 11.6. The number of benzene rings is 10. The first kappa shape index (κ1) is 44.6. The van der Waals surface area contributed by atoms with Crippen LogP contribution in [0.3, 0.4) is 0 Å². The molecular weight excluding hydrogens is 809 g/mol. The zero-order valence-electron chi connectivity index (χ0n) is 40.0. The SMILES string of the molecule is CC.CC.CC(=NC(C)c1ccccc1)c1ccc(-n2c3c(c4cc5ccccc5c(-c5ccc6c7ccccc7c7ccccc7c6c5)c42)CCc2ccccc2-3)cc1.Cc1ccccc1. The van der Waals surface area contributed by atoms with E-state index in [9.17, 15) is 0 Å². The molecule has 1 aromatic heterocycles. The number of fused-ring (bicyclic) bond motifs is 12. The van der Waals surface area contributed by atoms with Crippen LogP contribution in [0.2, 0.25) is 0 Å². The van der Waals surface area contributed by atoms with Gasteiger partial charge in [0.15, 0.2) is 0 Å². The topological polar surface area (TPSA) is 17.3 Å². The van der Waals surface area contributed by atoms with Crippen molar-refractivity contribution in [1.82, 2.24) is 4.57 Å². The van der Waals surface area contributed by atoms with Crippen LogP contribution in [0.1, 0.15) is 75.4 Å². The van der Waals surface area contributed by atoms with Crippen LogP contribution < -0.4 is 0 Å². The van der Waals surface area contributed by atoms with E-state index in [4.69, 9.17) is 4.99 Å². The lowest BCUT2D eigenvalue weighted by Crippen LogP contribution is -2.07. The lowest BCUT2D eigenvalue weighted by Gasteiger charge is -2.21. The number of hydrogen-bond acceptors (Lipinski definition) is 1. The lowest BCUT2D eigenvalue weighted by atomic mass is 9.87. The van der Waals surface area contributed by atoms with E-state index in [1.54, 1.807) is 0 Å². The molecule has 10 aromatic carbocycles. The zero-order valence-corrected chi connectivity index (χ0v) is 40.0. The largest absolute Gasteiger partial charge is 0.308 e. The van der Waals surface area contributed by atoms with Crippen molar-refractivity contribution in [3.63, 3.8) is 0 Å². The summed E-state index contributed by atoms with van der Waals surface area (Å²) in [6, 6.07) is 75.4. The standard InChI is InChI=1S/C54H40N2.C7H8.2C2H6/c1-34(36-14-4-3-5-15-36)55-35(2)37-24-28-41(29-25-37)56-53-43-19-9-6-16-38(43)26-31-49(53)51-32-39-17-7-8-18-42(39)52(54(51)56)40-27-30-48-46-22-11-10-20-44(46)45-21-12-13-23-47(45)50(48)33-40;1-7-5-3-2-4-6-7;2*1-2/h3-25,27-30,32-34H,26,31H2,1-2H3;2-6H,1H3;2*1-2H3. The van der Waals surface area contributed by atoms with Gasteiger partial charge in [0.2, 0.25) is 0 Å². The van der Waals surface area contributed by atoms with Gasteiger partial charge >= 0.3 is 0 Å². The van der Waals surface area contributed by atoms with Crippen LogP contribution in [0.25, 0.3) is 82.1 Å². The smallest absolute Gasteiger partial charge is 0.0724 e. The summed E-state index contributed by atoms with van der Waals surface area (Å²) in [5.41, 5.74) is 15.2. The normalized spacial score (nSPS) is 12.3. The minimum atomic E-state index is 0.0840. The summed E-state index contributed by atoms with van der Waals surface area (Å²) in [7, 11) is 0. The predicted octanol–water partition coefficient (Wildman–Crippen LogP) is 18.3. The van der Waals surface area contributed by atoms with Crippen LogP contribution in [0, 0.1) is 6.92 Å². The number of aromatic nitrogens is 1. The van der Waals surface area contributed by atoms with E-state index < -0.39 is 0 Å². The van der Waals surface area contributed by atoms with Crippen LogP contribution >= 0.6 is 0 Å². The van der Waals surface area contributed by atoms with Gasteiger partial charge in [-0.3, -0.25) is 4.99 Å². The van der Waals surface area contributed by atoms with Gasteiger partial charge in [0, 0.05) is 27.9 Å². The quantitative estimate of drug-likeness (QED) is 0.121. The van der Waals surface area contributed by atoms with Gasteiger partial charge < -0.3 is 4.57 Å². The Hall–Kier alpha value is -7.55. The van der Waals surface area contributed by atoms with E-state index >= 15 is 0 Å². The highest BCUT2D eigenvalue weighted by atomic mass is 15.0. The zero-order chi connectivity index (χ0) is 46.4. The predicted molar refractivity (Wildman–Crippen MR) is 293 cm³/mol. The molecule has 1 unspecified atom stereocenters. The molecule has 0 amide bonds. The molecule has 1 aliphatic carbocycles. The molecule has 0 aliphatic heterocycles. The molecule has 0 saturated carbocycles. The molecule has 0 N–H and O–H groups in total. The van der Waals surface area contributed by atoms with Gasteiger partial charge in [-0.2, -0.15) is 0 Å². The number of rotatable bonds is 5. The van der Waals surface area contributed by atoms with E-state index in [1.807, 2.05) is 45.9 Å². The number of hydrogen-bond donors (Lipinski definition) is 0. The van der Waals surface area contributed by atoms with E-state index in [0.29, 0.717) is 0 Å². The number of aliphatic imine (C=N–C) groups is 1. The Balaban J connectivity index is 0.000000461. The molecule has 0 radical (unpaired) electrons. The van der Waals surface area contributed by atoms with Crippen LogP contribution in [-0.4, -0.2) is 10.3 Å². The van der Waals surface area contributed by atoms with Crippen molar-refractivity contribution in [2.45, 2.75) is 67.3 Å². The maximum atomic E-state index is 5.12. The summed E-state index contributed by atoms with van der Waals surface area (Å²) in [6.07, 6.45) is 2.04. The second kappa shape index (κ2) is 19.9. The highest BCUT2D eigenvalue weighted by Crippen LogP contribution is 2.48. The van der Waals surface area contributed by atoms with Crippen LogP contribution in [0.4, 0.5) is 0 Å². The highest BCUT2D eigenvalue weighted by Gasteiger charge is 2.28. The molecule has 2 heteroatoms. The maximum absolute atomic E-state index is 5.12. The molecule has 1 heterocycles. The third kappa shape index (κ3) is 8.45. The molecule has 67 heavy (non-hydrogen) atoms. The van der Waals surface area contributed by atoms with Gasteiger partial charge in [0.25, 0.3) is 0 Å². The third-order valence-corrected chi connectivity index (χ3v) is 13.2. The molecule has 0 bridgehead atoms. The van der Waals surface area contributed by atoms with Crippen LogP contribution in [0.15, 0.2) is 211 Å². The fourth-order valence-electron chi connectivity index (χ4n) is 10.1. The average Bonchev–Trinajstić information content (AvgIpc) is 3.74. The van der Waals surface area contributed by atoms with Crippen molar-refractivity contribution in [2.75, 3.05) is 0 Å². The first-order valence-electron chi connectivity index (χ1n) is 24.2. The molecule has 0 spiro atoms. The van der Waals surface area contributed by atoms with E-state index in [2.05, 4.69) is 213 Å². The molecule has 0 fully saturated rings. The van der Waals surface area contributed by atoms with Gasteiger partial charge in [0.1, 0.15) is 0 Å². The summed E-state index contributed by atoms with van der Waals surface area (Å²) in [4.78, 5) is 5.12. The Morgan fingerprint density at radius 1 is 0.493 bits per heavy atom. The Kier molecular flexibility index (Phi) is 13.3. The molecule has 2 nitrogen and oxygen atoms in total. The van der Waals surface area contributed by atoms with Crippen molar-refractivity contribution in [2.24, 2.45) is 4.99 Å². The summed E-state index contributed by atoms with van der Waals surface area (Å²) < 4.78 is 2.58. The van der Waals surface area contributed by atoms with Crippen molar-refractivity contribution < 1.29 is 0 Å². The highest BCUT2D eigenvalue weighted by molar-refractivity contribution is 6.26. The van der Waals surface area contributed by atoms with Crippen LogP contribution in [0.5, 0.6) is 0 Å². The Morgan fingerprint density at radius 3 is 1.66 bits per heavy atom. The van der Waals surface area contributed by atoms with Crippen molar-refractivity contribution in [1.29, 1.82) is 0 Å². The van der Waals surface area contributed by atoms with Gasteiger partial charge in [0.05, 0.1) is 17.3 Å². The lowest BCUT2D eigenvalue weighted by molar-refractivity contribution is 0.819. The average molecular weight is 869 g/mol. The van der Waals surface area contributed by atoms with E-state index in [1.165, 1.54) is 98.6 Å². The molecule has 1 aliphatic rings. The first-order valence-corrected chi connectivity index (χ1v) is 24.2. The molecule has 330 valence electrons. The van der Waals surface area contributed by atoms with Gasteiger partial charge in [-0.25, -0.2) is 0 Å². The molecule has 0 saturated heterocycles. The van der Waals surface area contributed by atoms with Crippen molar-refractivity contribution >= 4 is 59.7 Å². The Bertz CT molecular complexity index is 3490. The minimum absolute atomic E-state index is 0.0840. The second-order valence-corrected chi connectivity index (χ2v) is 17.0. The van der Waals surface area contributed by atoms with Gasteiger partial charge in [-0.15, -0.1) is 0 Å². The van der Waals surface area contributed by atoms with E-state index in [-0.39, 0.29) is 6.04 Å². The fraction of sp³-hybridized carbons (Fsp3) is 0.154. The molecular formula is C65H60N2. The van der Waals surface area contributed by atoms with Crippen molar-refractivity contribution in [3.05, 3.63) is 234 Å². The van der Waals surface area contributed by atoms with Gasteiger partial charge in [-0.05, 0) is 129 Å². The number of nitrogens with zero attached hydrogens (tertiary/aromatic N) is 2. The monoisotopic (exact) mass is 868 g/mol. The summed E-state index contributed by atoms with van der Waals surface area (Å²) >= 11 is 0. The third-order valence-electron chi connectivity index (χ3n) is 13.2. The molecule has 11 aromatic rings. The molecule has 12 rings (SSSR count). The summed E-state index contributed by atoms with van der Waals surface area (Å²) in [5.74, 6) is 0. The van der Waals surface area contributed by atoms with Gasteiger partial charge in [-0.1, -0.05) is 215 Å². The molecule has 1 atom stereocenters. The van der Waals surface area contributed by atoms with E-state index in [0.717, 1.165) is 29.8 Å². The van der Waals surface area contributed by atoms with Crippen molar-refractivity contribution in [3.8, 4) is 28.1 Å². The fourth-order valence-corrected chi connectivity index (χ4v) is 10.1. The Morgan fingerprint density at radius 2 is 1.03 bits per heavy atom. The van der Waals surface area contributed by atoms with Crippen LogP contribution in [-0.2, 0) is 12.8 Å². The minimum Gasteiger partial charge on any atom is -0.308 e. The maximum Gasteiger partial charge on any atom is 0.0724 e. The Labute approximate surface area is 396 Å². The second-order valence-electron chi connectivity index (χ2n) is 17.0. The number of aryl methyl sites for hydroxylation is 3. The summed E-state index contributed by atoms with van der Waals surface area (Å²) in [6.45, 7) is 14.4.